The van der Waals surface area contributed by atoms with Crippen LogP contribution in [0.2, 0.25) is 0 Å². The zero-order chi connectivity index (χ0) is 17.4. The number of rotatable bonds is 7. The van der Waals surface area contributed by atoms with Crippen LogP contribution in [0.4, 0.5) is 0 Å². The first-order valence-corrected chi connectivity index (χ1v) is 9.53. The lowest BCUT2D eigenvalue weighted by Gasteiger charge is -2.37. The molecule has 0 bridgehead atoms. The number of guanidine groups is 1. The van der Waals surface area contributed by atoms with Gasteiger partial charge in [-0.25, -0.2) is 0 Å². The second kappa shape index (κ2) is 11.7. The number of aryl methyl sites for hydroxylation is 1. The standard InChI is InChI=1S/C18H34N6.HI/c1-5-7-8-19-18(24-12-15(3)11-16(4)13-24)20-9-10-23-14-21-22-17(23)6-2;/h14-16H,5-13H2,1-4H3,(H,19,20);1H. The molecule has 0 saturated carbocycles. The molecule has 0 aromatic carbocycles. The van der Waals surface area contributed by atoms with Gasteiger partial charge in [0, 0.05) is 39.1 Å². The third kappa shape index (κ3) is 7.11. The van der Waals surface area contributed by atoms with Crippen molar-refractivity contribution in [1.82, 2.24) is 25.0 Å². The lowest BCUT2D eigenvalue weighted by atomic mass is 9.92. The van der Waals surface area contributed by atoms with Crippen molar-refractivity contribution in [2.24, 2.45) is 16.8 Å². The van der Waals surface area contributed by atoms with Crippen LogP contribution < -0.4 is 5.32 Å². The van der Waals surface area contributed by atoms with E-state index in [9.17, 15) is 0 Å². The first-order chi connectivity index (χ1) is 11.6. The molecule has 0 radical (unpaired) electrons. The highest BCUT2D eigenvalue weighted by Gasteiger charge is 2.24. The van der Waals surface area contributed by atoms with E-state index in [-0.39, 0.29) is 24.0 Å². The fourth-order valence-electron chi connectivity index (χ4n) is 3.47. The molecule has 1 N–H and O–H groups in total. The van der Waals surface area contributed by atoms with E-state index in [4.69, 9.17) is 4.99 Å². The van der Waals surface area contributed by atoms with E-state index < -0.39 is 0 Å². The van der Waals surface area contributed by atoms with Crippen LogP contribution in [0.15, 0.2) is 11.3 Å². The Hall–Kier alpha value is -0.860. The summed E-state index contributed by atoms with van der Waals surface area (Å²) in [5, 5.41) is 11.7. The largest absolute Gasteiger partial charge is 0.354 e. The zero-order valence-corrected chi connectivity index (χ0v) is 18.6. The van der Waals surface area contributed by atoms with Gasteiger partial charge < -0.3 is 14.8 Å². The number of nitrogens with zero attached hydrogens (tertiary/aromatic N) is 5. The summed E-state index contributed by atoms with van der Waals surface area (Å²) in [7, 11) is 0. The molecular formula is C18H35IN6. The van der Waals surface area contributed by atoms with Gasteiger partial charge in [-0.2, -0.15) is 0 Å². The Labute approximate surface area is 169 Å². The lowest BCUT2D eigenvalue weighted by molar-refractivity contribution is 0.208. The number of hydrogen-bond donors (Lipinski definition) is 1. The maximum atomic E-state index is 4.86. The van der Waals surface area contributed by atoms with Crippen molar-refractivity contribution >= 4 is 29.9 Å². The van der Waals surface area contributed by atoms with Gasteiger partial charge in [0.1, 0.15) is 12.2 Å². The van der Waals surface area contributed by atoms with Crippen molar-refractivity contribution in [1.29, 1.82) is 0 Å². The van der Waals surface area contributed by atoms with E-state index in [2.05, 4.69) is 52.7 Å². The van der Waals surface area contributed by atoms with Gasteiger partial charge in [0.2, 0.25) is 0 Å². The van der Waals surface area contributed by atoms with Crippen molar-refractivity contribution in [3.8, 4) is 0 Å². The molecule has 6 nitrogen and oxygen atoms in total. The minimum Gasteiger partial charge on any atom is -0.354 e. The molecule has 2 atom stereocenters. The van der Waals surface area contributed by atoms with Gasteiger partial charge in [-0.15, -0.1) is 34.2 Å². The van der Waals surface area contributed by atoms with E-state index in [0.29, 0.717) is 0 Å². The molecule has 0 spiro atoms. The molecule has 0 aliphatic carbocycles. The van der Waals surface area contributed by atoms with Gasteiger partial charge in [-0.1, -0.05) is 34.1 Å². The van der Waals surface area contributed by atoms with Gasteiger partial charge in [-0.3, -0.25) is 4.99 Å². The SMILES string of the molecule is CCCCN=C(NCCn1cnnc1CC)N1CC(C)CC(C)C1.I. The van der Waals surface area contributed by atoms with E-state index in [0.717, 1.165) is 69.2 Å². The van der Waals surface area contributed by atoms with Gasteiger partial charge in [0.25, 0.3) is 0 Å². The van der Waals surface area contributed by atoms with Gasteiger partial charge in [0.15, 0.2) is 5.96 Å². The predicted molar refractivity (Wildman–Crippen MR) is 115 cm³/mol. The Morgan fingerprint density at radius 3 is 2.64 bits per heavy atom. The average molecular weight is 462 g/mol. The summed E-state index contributed by atoms with van der Waals surface area (Å²) < 4.78 is 2.12. The molecule has 1 fully saturated rings. The number of halogens is 1. The van der Waals surface area contributed by atoms with Crippen LogP contribution >= 0.6 is 24.0 Å². The van der Waals surface area contributed by atoms with E-state index in [1.807, 2.05) is 6.33 Å². The molecule has 1 aromatic heterocycles. The summed E-state index contributed by atoms with van der Waals surface area (Å²) in [6.45, 7) is 13.9. The molecule has 25 heavy (non-hydrogen) atoms. The van der Waals surface area contributed by atoms with Crippen molar-refractivity contribution in [2.75, 3.05) is 26.2 Å². The quantitative estimate of drug-likeness (QED) is 0.293. The molecular weight excluding hydrogens is 427 g/mol. The second-order valence-electron chi connectivity index (χ2n) is 7.13. The van der Waals surface area contributed by atoms with Crippen LogP contribution in [0.1, 0.15) is 52.8 Å². The normalized spacial score (nSPS) is 21.1. The molecule has 144 valence electrons. The third-order valence-electron chi connectivity index (χ3n) is 4.59. The number of hydrogen-bond acceptors (Lipinski definition) is 3. The number of likely N-dealkylation sites (tertiary alicyclic amines) is 1. The first-order valence-electron chi connectivity index (χ1n) is 9.53. The van der Waals surface area contributed by atoms with Crippen molar-refractivity contribution in [2.45, 2.75) is 59.9 Å². The third-order valence-corrected chi connectivity index (χ3v) is 4.59. The predicted octanol–water partition coefficient (Wildman–Crippen LogP) is 3.18. The van der Waals surface area contributed by atoms with Crippen LogP contribution in [0, 0.1) is 11.8 Å². The molecule has 1 saturated heterocycles. The number of piperidine rings is 1. The fourth-order valence-corrected chi connectivity index (χ4v) is 3.47. The maximum Gasteiger partial charge on any atom is 0.194 e. The average Bonchev–Trinajstić information content (AvgIpc) is 3.00. The van der Waals surface area contributed by atoms with E-state index in [1.165, 1.54) is 12.8 Å². The Balaban J connectivity index is 0.00000312. The monoisotopic (exact) mass is 462 g/mol. The van der Waals surface area contributed by atoms with Gasteiger partial charge in [-0.05, 0) is 24.7 Å². The fraction of sp³-hybridized carbons (Fsp3) is 0.833. The number of aromatic nitrogens is 3. The zero-order valence-electron chi connectivity index (χ0n) is 16.2. The van der Waals surface area contributed by atoms with Gasteiger partial charge in [0.05, 0.1) is 0 Å². The number of unbranched alkanes of at least 4 members (excludes halogenated alkanes) is 1. The van der Waals surface area contributed by atoms with E-state index >= 15 is 0 Å². The van der Waals surface area contributed by atoms with Crippen molar-refractivity contribution in [3.05, 3.63) is 12.2 Å². The summed E-state index contributed by atoms with van der Waals surface area (Å²) in [4.78, 5) is 7.30. The summed E-state index contributed by atoms with van der Waals surface area (Å²) in [6, 6.07) is 0. The van der Waals surface area contributed by atoms with Crippen LogP contribution in [0.5, 0.6) is 0 Å². The summed E-state index contributed by atoms with van der Waals surface area (Å²) in [5.41, 5.74) is 0. The Morgan fingerprint density at radius 1 is 1.28 bits per heavy atom. The second-order valence-corrected chi connectivity index (χ2v) is 7.13. The molecule has 1 aliphatic heterocycles. The van der Waals surface area contributed by atoms with E-state index in [1.54, 1.807) is 0 Å². The molecule has 7 heteroatoms. The molecule has 2 rings (SSSR count). The van der Waals surface area contributed by atoms with Crippen LogP contribution in [-0.2, 0) is 13.0 Å². The molecule has 0 amide bonds. The minimum atomic E-state index is 0. The van der Waals surface area contributed by atoms with Crippen LogP contribution in [0.25, 0.3) is 0 Å². The minimum absolute atomic E-state index is 0. The summed E-state index contributed by atoms with van der Waals surface area (Å²) in [5.74, 6) is 3.59. The maximum absolute atomic E-state index is 4.86. The number of nitrogens with one attached hydrogen (secondary N) is 1. The van der Waals surface area contributed by atoms with Gasteiger partial charge >= 0.3 is 0 Å². The number of aliphatic imine (C=N–C) groups is 1. The Kier molecular flexibility index (Phi) is 10.4. The smallest absolute Gasteiger partial charge is 0.194 e. The molecule has 2 unspecified atom stereocenters. The molecule has 2 heterocycles. The van der Waals surface area contributed by atoms with Crippen LogP contribution in [-0.4, -0.2) is 51.8 Å². The Bertz CT molecular complexity index is 505. The molecule has 1 aromatic rings. The lowest BCUT2D eigenvalue weighted by Crippen LogP contribution is -2.49. The summed E-state index contributed by atoms with van der Waals surface area (Å²) in [6.07, 6.45) is 6.39. The highest BCUT2D eigenvalue weighted by molar-refractivity contribution is 14.0. The van der Waals surface area contributed by atoms with Crippen molar-refractivity contribution < 1.29 is 0 Å². The summed E-state index contributed by atoms with van der Waals surface area (Å²) >= 11 is 0. The molecule has 1 aliphatic rings. The Morgan fingerprint density at radius 2 is 2.00 bits per heavy atom. The first kappa shape index (κ1) is 22.2. The van der Waals surface area contributed by atoms with Crippen LogP contribution in [0.3, 0.4) is 0 Å². The highest BCUT2D eigenvalue weighted by Crippen LogP contribution is 2.20. The topological polar surface area (TPSA) is 58.3 Å². The highest BCUT2D eigenvalue weighted by atomic mass is 127. The van der Waals surface area contributed by atoms with Crippen molar-refractivity contribution in [3.63, 3.8) is 0 Å².